The Hall–Kier alpha value is -1.28. The van der Waals surface area contributed by atoms with Gasteiger partial charge in [-0.1, -0.05) is 36.9 Å². The fraction of sp³-hybridized carbons (Fsp3) is 0.273. The molecule has 0 fully saturated rings. The first-order valence-corrected chi connectivity index (χ1v) is 4.33. The average Bonchev–Trinajstić information content (AvgIpc) is 2.15. The molecule has 1 atom stereocenters. The first-order valence-electron chi connectivity index (χ1n) is 4.33. The van der Waals surface area contributed by atoms with Gasteiger partial charge >= 0.3 is 0 Å². The van der Waals surface area contributed by atoms with E-state index in [-0.39, 0.29) is 11.8 Å². The summed E-state index contributed by atoms with van der Waals surface area (Å²) in [5.41, 5.74) is 1.17. The number of benzene rings is 1. The topological polar surface area (TPSA) is 32.3 Å². The summed E-state index contributed by atoms with van der Waals surface area (Å²) in [5, 5.41) is 12.2. The molecule has 0 radical (unpaired) electrons. The van der Waals surface area contributed by atoms with Crippen molar-refractivity contribution in [1.82, 2.24) is 5.32 Å². The van der Waals surface area contributed by atoms with Crippen molar-refractivity contribution in [3.8, 4) is 0 Å². The zero-order chi connectivity index (χ0) is 9.68. The summed E-state index contributed by atoms with van der Waals surface area (Å²) < 4.78 is 0. The molecule has 0 aliphatic heterocycles. The van der Waals surface area contributed by atoms with Crippen LogP contribution in [0.1, 0.15) is 18.0 Å². The highest BCUT2D eigenvalue weighted by Gasteiger charge is 2.08. The quantitative estimate of drug-likeness (QED) is 0.692. The van der Waals surface area contributed by atoms with Gasteiger partial charge in [-0.15, -0.1) is 0 Å². The molecule has 0 saturated carbocycles. The van der Waals surface area contributed by atoms with Crippen molar-refractivity contribution in [2.75, 3.05) is 7.05 Å². The molecule has 13 heavy (non-hydrogen) atoms. The molecule has 0 aliphatic carbocycles. The summed E-state index contributed by atoms with van der Waals surface area (Å²) in [5.74, 6) is 0.211. The molecule has 1 rings (SSSR count). The van der Waals surface area contributed by atoms with Crippen LogP contribution in [-0.4, -0.2) is 12.2 Å². The normalized spacial score (nSPS) is 12.4. The molecule has 1 unspecified atom stereocenters. The van der Waals surface area contributed by atoms with Gasteiger partial charge in [0.15, 0.2) is 0 Å². The smallest absolute Gasteiger partial charge is 0.0870 e. The Morgan fingerprint density at radius 1 is 1.46 bits per heavy atom. The van der Waals surface area contributed by atoms with Crippen LogP contribution < -0.4 is 5.32 Å². The second-order valence-electron chi connectivity index (χ2n) is 3.02. The maximum atomic E-state index is 9.08. The van der Waals surface area contributed by atoms with Crippen molar-refractivity contribution in [3.05, 3.63) is 48.2 Å². The first-order chi connectivity index (χ1) is 6.24. The fourth-order valence-electron chi connectivity index (χ4n) is 1.31. The summed E-state index contributed by atoms with van der Waals surface area (Å²) in [6.07, 6.45) is 0.556. The van der Waals surface area contributed by atoms with Crippen molar-refractivity contribution in [2.24, 2.45) is 0 Å². The summed E-state index contributed by atoms with van der Waals surface area (Å²) >= 11 is 0. The van der Waals surface area contributed by atoms with Gasteiger partial charge in [-0.3, -0.25) is 0 Å². The molecule has 2 nitrogen and oxygen atoms in total. The summed E-state index contributed by atoms with van der Waals surface area (Å²) in [6.45, 7) is 3.48. The van der Waals surface area contributed by atoms with Gasteiger partial charge in [0, 0.05) is 12.5 Å². The molecule has 1 aromatic carbocycles. The van der Waals surface area contributed by atoms with Gasteiger partial charge in [0.25, 0.3) is 0 Å². The molecular formula is C11H15NO. The van der Waals surface area contributed by atoms with Crippen molar-refractivity contribution in [1.29, 1.82) is 0 Å². The number of hydrogen-bond donors (Lipinski definition) is 2. The Morgan fingerprint density at radius 2 is 2.08 bits per heavy atom. The standard InChI is InChI=1S/C11H15NO/c1-9(13)8-11(12-2)10-6-4-3-5-7-10/h3-7,11-13H,1,8H2,2H3. The number of aliphatic hydroxyl groups excluding tert-OH is 1. The minimum Gasteiger partial charge on any atom is -0.513 e. The third kappa shape index (κ3) is 2.92. The van der Waals surface area contributed by atoms with E-state index in [4.69, 9.17) is 5.11 Å². The third-order valence-corrected chi connectivity index (χ3v) is 1.99. The van der Waals surface area contributed by atoms with Crippen LogP contribution in [0.4, 0.5) is 0 Å². The highest BCUT2D eigenvalue weighted by atomic mass is 16.3. The van der Waals surface area contributed by atoms with Crippen LogP contribution in [0.15, 0.2) is 42.7 Å². The van der Waals surface area contributed by atoms with E-state index < -0.39 is 0 Å². The third-order valence-electron chi connectivity index (χ3n) is 1.99. The Labute approximate surface area is 78.9 Å². The number of nitrogens with one attached hydrogen (secondary N) is 1. The molecule has 0 amide bonds. The minimum atomic E-state index is 0.152. The summed E-state index contributed by atoms with van der Waals surface area (Å²) in [7, 11) is 1.88. The fourth-order valence-corrected chi connectivity index (χ4v) is 1.31. The van der Waals surface area contributed by atoms with E-state index in [1.165, 1.54) is 5.56 Å². The van der Waals surface area contributed by atoms with Gasteiger partial charge < -0.3 is 10.4 Å². The molecule has 0 heterocycles. The summed E-state index contributed by atoms with van der Waals surface area (Å²) in [4.78, 5) is 0. The Balaban J connectivity index is 2.73. The van der Waals surface area contributed by atoms with Gasteiger partial charge in [0.05, 0.1) is 5.76 Å². The Morgan fingerprint density at radius 3 is 2.54 bits per heavy atom. The maximum Gasteiger partial charge on any atom is 0.0870 e. The predicted octanol–water partition coefficient (Wildman–Crippen LogP) is 2.41. The maximum absolute atomic E-state index is 9.08. The highest BCUT2D eigenvalue weighted by Crippen LogP contribution is 2.18. The monoisotopic (exact) mass is 177 g/mol. The molecule has 0 aliphatic rings. The van der Waals surface area contributed by atoms with Crippen molar-refractivity contribution >= 4 is 0 Å². The van der Waals surface area contributed by atoms with E-state index in [1.807, 2.05) is 37.4 Å². The van der Waals surface area contributed by atoms with Gasteiger partial charge in [-0.2, -0.15) is 0 Å². The average molecular weight is 177 g/mol. The van der Waals surface area contributed by atoms with E-state index in [0.29, 0.717) is 6.42 Å². The molecule has 0 saturated heterocycles. The van der Waals surface area contributed by atoms with E-state index in [0.717, 1.165) is 0 Å². The van der Waals surface area contributed by atoms with Gasteiger partial charge in [0.2, 0.25) is 0 Å². The molecule has 1 aromatic rings. The van der Waals surface area contributed by atoms with Gasteiger partial charge in [0.1, 0.15) is 0 Å². The van der Waals surface area contributed by atoms with Crippen LogP contribution >= 0.6 is 0 Å². The molecule has 2 heteroatoms. The molecule has 0 bridgehead atoms. The lowest BCUT2D eigenvalue weighted by Gasteiger charge is -2.15. The molecule has 70 valence electrons. The van der Waals surface area contributed by atoms with Crippen LogP contribution in [0.25, 0.3) is 0 Å². The van der Waals surface area contributed by atoms with E-state index >= 15 is 0 Å². The Bertz CT molecular complexity index is 269. The first kappa shape index (κ1) is 9.81. The summed E-state index contributed by atoms with van der Waals surface area (Å²) in [6, 6.07) is 10.2. The van der Waals surface area contributed by atoms with Crippen LogP contribution in [0.2, 0.25) is 0 Å². The SMILES string of the molecule is C=C(O)CC(NC)c1ccccc1. The number of hydrogen-bond acceptors (Lipinski definition) is 2. The second-order valence-corrected chi connectivity index (χ2v) is 3.02. The lowest BCUT2D eigenvalue weighted by Crippen LogP contribution is -2.16. The van der Waals surface area contributed by atoms with Gasteiger partial charge in [-0.05, 0) is 12.6 Å². The molecule has 2 N–H and O–H groups in total. The highest BCUT2D eigenvalue weighted by molar-refractivity contribution is 5.19. The largest absolute Gasteiger partial charge is 0.513 e. The van der Waals surface area contributed by atoms with E-state index in [9.17, 15) is 0 Å². The predicted molar refractivity (Wildman–Crippen MR) is 54.6 cm³/mol. The number of aliphatic hydroxyl groups is 1. The van der Waals surface area contributed by atoms with E-state index in [2.05, 4.69) is 11.9 Å². The lowest BCUT2D eigenvalue weighted by molar-refractivity contribution is 0.367. The van der Waals surface area contributed by atoms with Crippen molar-refractivity contribution in [3.63, 3.8) is 0 Å². The number of rotatable bonds is 4. The van der Waals surface area contributed by atoms with Gasteiger partial charge in [-0.25, -0.2) is 0 Å². The minimum absolute atomic E-state index is 0.152. The van der Waals surface area contributed by atoms with Crippen LogP contribution in [-0.2, 0) is 0 Å². The van der Waals surface area contributed by atoms with Crippen LogP contribution in [0.5, 0.6) is 0 Å². The van der Waals surface area contributed by atoms with E-state index in [1.54, 1.807) is 0 Å². The molecular weight excluding hydrogens is 162 g/mol. The Kier molecular flexibility index (Phi) is 3.53. The second kappa shape index (κ2) is 4.67. The zero-order valence-electron chi connectivity index (χ0n) is 7.83. The van der Waals surface area contributed by atoms with Crippen LogP contribution in [0.3, 0.4) is 0 Å². The van der Waals surface area contributed by atoms with Crippen molar-refractivity contribution in [2.45, 2.75) is 12.5 Å². The van der Waals surface area contributed by atoms with Crippen molar-refractivity contribution < 1.29 is 5.11 Å². The lowest BCUT2D eigenvalue weighted by atomic mass is 10.0. The van der Waals surface area contributed by atoms with Crippen LogP contribution in [0, 0.1) is 0 Å². The molecule has 0 aromatic heterocycles. The molecule has 0 spiro atoms. The zero-order valence-corrected chi connectivity index (χ0v) is 7.83.